The number of thiazole rings is 1. The highest BCUT2D eigenvalue weighted by atomic mass is 32.1. The summed E-state index contributed by atoms with van der Waals surface area (Å²) in [5.74, 6) is 0.0962. The van der Waals surface area contributed by atoms with Gasteiger partial charge in [0.05, 0.1) is 0 Å². The molecule has 176 valence electrons. The lowest BCUT2D eigenvalue weighted by atomic mass is 9.94. The normalized spacial score (nSPS) is 16.6. The molecule has 1 fully saturated rings. The summed E-state index contributed by atoms with van der Waals surface area (Å²) in [4.78, 5) is 24.2. The molecule has 5 heterocycles. The number of anilines is 3. The lowest BCUT2D eigenvalue weighted by Gasteiger charge is -2.33. The number of alkyl halides is 3. The minimum absolute atomic E-state index is 0.145. The van der Waals surface area contributed by atoms with E-state index in [1.54, 1.807) is 29.7 Å². The molecule has 0 bridgehead atoms. The zero-order chi connectivity index (χ0) is 23.7. The maximum Gasteiger partial charge on any atom is 0.471 e. The summed E-state index contributed by atoms with van der Waals surface area (Å²) in [6.45, 7) is 3.55. The number of aryl methyl sites for hydroxylation is 1. The van der Waals surface area contributed by atoms with Crippen LogP contribution in [0.4, 0.5) is 29.9 Å². The van der Waals surface area contributed by atoms with Gasteiger partial charge in [0.15, 0.2) is 5.13 Å². The lowest BCUT2D eigenvalue weighted by molar-refractivity contribution is -0.159. The van der Waals surface area contributed by atoms with Crippen molar-refractivity contribution in [3.8, 4) is 11.4 Å². The van der Waals surface area contributed by atoms with Gasteiger partial charge in [-0.25, -0.2) is 15.0 Å². The third kappa shape index (κ3) is 4.83. The van der Waals surface area contributed by atoms with Crippen LogP contribution in [-0.2, 0) is 6.18 Å². The molecule has 0 unspecified atom stereocenters. The highest BCUT2D eigenvalue weighted by molar-refractivity contribution is 7.15. The monoisotopic (exact) mass is 488 g/mol. The van der Waals surface area contributed by atoms with Gasteiger partial charge in [-0.2, -0.15) is 18.2 Å². The summed E-state index contributed by atoms with van der Waals surface area (Å²) in [5.41, 5.74) is 1.21. The molecule has 0 saturated carbocycles. The van der Waals surface area contributed by atoms with Gasteiger partial charge in [-0.15, -0.1) is 11.3 Å². The summed E-state index contributed by atoms with van der Waals surface area (Å²) in [5, 5.41) is 7.39. The Labute approximate surface area is 196 Å². The van der Waals surface area contributed by atoms with Crippen LogP contribution in [-0.4, -0.2) is 43.2 Å². The predicted octanol–water partition coefficient (Wildman–Crippen LogP) is 4.83. The second-order valence-corrected chi connectivity index (χ2v) is 9.08. The van der Waals surface area contributed by atoms with Crippen LogP contribution < -0.4 is 10.2 Å². The minimum atomic E-state index is -4.68. The van der Waals surface area contributed by atoms with E-state index in [0.717, 1.165) is 40.9 Å². The van der Waals surface area contributed by atoms with Gasteiger partial charge in [0, 0.05) is 53.6 Å². The molecule has 0 spiro atoms. The fourth-order valence-corrected chi connectivity index (χ4v) is 4.44. The van der Waals surface area contributed by atoms with E-state index < -0.39 is 12.1 Å². The number of piperidine rings is 1. The highest BCUT2D eigenvalue weighted by Crippen LogP contribution is 2.32. The van der Waals surface area contributed by atoms with E-state index in [9.17, 15) is 13.2 Å². The van der Waals surface area contributed by atoms with Crippen molar-refractivity contribution in [1.82, 2.24) is 30.1 Å². The number of hydrogen-bond donors (Lipinski definition) is 1. The fraction of sp³-hybridized carbons (Fsp3) is 0.333. The lowest BCUT2D eigenvalue weighted by Crippen LogP contribution is -2.35. The zero-order valence-electron chi connectivity index (χ0n) is 18.0. The van der Waals surface area contributed by atoms with E-state index in [2.05, 4.69) is 44.8 Å². The molecule has 5 rings (SSSR count). The molecule has 1 atom stereocenters. The molecule has 0 aromatic carbocycles. The molecular weight excluding hydrogens is 469 g/mol. The maximum atomic E-state index is 12.7. The SMILES string of the molecule is Cc1cnc(Nc2cc(N3CCC[C@@H](c4ccc(-c5noc(C(F)(F)F)n5)cn4)C3)ncn2)s1. The van der Waals surface area contributed by atoms with Crippen molar-refractivity contribution >= 4 is 28.1 Å². The van der Waals surface area contributed by atoms with E-state index in [1.165, 1.54) is 12.5 Å². The van der Waals surface area contributed by atoms with Crippen LogP contribution >= 0.6 is 11.3 Å². The molecule has 1 aliphatic heterocycles. The molecule has 13 heteroatoms. The molecule has 4 aromatic heterocycles. The van der Waals surface area contributed by atoms with Crippen LogP contribution in [0.15, 0.2) is 41.4 Å². The van der Waals surface area contributed by atoms with Crippen LogP contribution in [0, 0.1) is 6.92 Å². The van der Waals surface area contributed by atoms with Crippen molar-refractivity contribution in [3.05, 3.63) is 53.4 Å². The Morgan fingerprint density at radius 2 is 2.03 bits per heavy atom. The van der Waals surface area contributed by atoms with Crippen molar-refractivity contribution < 1.29 is 17.7 Å². The average Bonchev–Trinajstić information content (AvgIpc) is 3.49. The van der Waals surface area contributed by atoms with E-state index in [-0.39, 0.29) is 11.7 Å². The molecule has 34 heavy (non-hydrogen) atoms. The summed E-state index contributed by atoms with van der Waals surface area (Å²) in [7, 11) is 0. The second-order valence-electron chi connectivity index (χ2n) is 7.84. The van der Waals surface area contributed by atoms with E-state index in [1.807, 2.05) is 13.0 Å². The minimum Gasteiger partial charge on any atom is -0.356 e. The Morgan fingerprint density at radius 1 is 1.15 bits per heavy atom. The first-order valence-corrected chi connectivity index (χ1v) is 11.3. The maximum absolute atomic E-state index is 12.7. The van der Waals surface area contributed by atoms with Crippen molar-refractivity contribution in [1.29, 1.82) is 0 Å². The number of halogens is 3. The van der Waals surface area contributed by atoms with E-state index in [0.29, 0.717) is 17.9 Å². The van der Waals surface area contributed by atoms with Crippen molar-refractivity contribution in [2.75, 3.05) is 23.3 Å². The molecule has 0 amide bonds. The Kier molecular flexibility index (Phi) is 5.86. The largest absolute Gasteiger partial charge is 0.471 e. The Morgan fingerprint density at radius 3 is 2.74 bits per heavy atom. The Bertz CT molecular complexity index is 1270. The smallest absolute Gasteiger partial charge is 0.356 e. The molecule has 0 aliphatic carbocycles. The van der Waals surface area contributed by atoms with Crippen LogP contribution in [0.5, 0.6) is 0 Å². The van der Waals surface area contributed by atoms with Crippen molar-refractivity contribution in [2.24, 2.45) is 0 Å². The standard InChI is InChI=1S/C21H19F3N8OS/c1-12-8-26-20(34-12)29-16-7-17(28-11-27-16)32-6-2-3-14(10-32)15-5-4-13(9-25-15)18-30-19(33-31-18)21(22,23)24/h4-5,7-9,11,14H,2-3,6,10H2,1H3,(H,26,27,28,29)/t14-/m1/s1. The quantitative estimate of drug-likeness (QED) is 0.423. The molecular formula is C21H19F3N8OS. The van der Waals surface area contributed by atoms with Gasteiger partial charge in [-0.05, 0) is 31.9 Å². The molecule has 0 radical (unpaired) electrons. The third-order valence-electron chi connectivity index (χ3n) is 5.39. The summed E-state index contributed by atoms with van der Waals surface area (Å²) in [6, 6.07) is 5.35. The Balaban J connectivity index is 1.28. The average molecular weight is 488 g/mol. The predicted molar refractivity (Wildman–Crippen MR) is 119 cm³/mol. The third-order valence-corrected chi connectivity index (χ3v) is 6.21. The van der Waals surface area contributed by atoms with Crippen LogP contribution in [0.2, 0.25) is 0 Å². The van der Waals surface area contributed by atoms with Crippen LogP contribution in [0.3, 0.4) is 0 Å². The molecule has 4 aromatic rings. The second kappa shape index (κ2) is 8.97. The fourth-order valence-electron chi connectivity index (χ4n) is 3.77. The molecule has 1 aliphatic rings. The van der Waals surface area contributed by atoms with Gasteiger partial charge >= 0.3 is 12.1 Å². The molecule has 1 N–H and O–H groups in total. The molecule has 9 nitrogen and oxygen atoms in total. The van der Waals surface area contributed by atoms with Gasteiger partial charge in [-0.1, -0.05) is 5.16 Å². The number of nitrogens with one attached hydrogen (secondary N) is 1. The summed E-state index contributed by atoms with van der Waals surface area (Å²) < 4.78 is 42.4. The number of hydrogen-bond acceptors (Lipinski definition) is 10. The van der Waals surface area contributed by atoms with Gasteiger partial charge in [0.2, 0.25) is 5.82 Å². The number of pyridine rings is 1. The van der Waals surface area contributed by atoms with E-state index >= 15 is 0 Å². The van der Waals surface area contributed by atoms with Crippen LogP contribution in [0.1, 0.15) is 35.2 Å². The first-order valence-electron chi connectivity index (χ1n) is 10.5. The van der Waals surface area contributed by atoms with Gasteiger partial charge in [0.1, 0.15) is 18.0 Å². The topological polar surface area (TPSA) is 106 Å². The number of aromatic nitrogens is 6. The number of nitrogens with zero attached hydrogens (tertiary/aromatic N) is 7. The molecule has 1 saturated heterocycles. The summed E-state index contributed by atoms with van der Waals surface area (Å²) in [6.07, 6.45) is 2.01. The summed E-state index contributed by atoms with van der Waals surface area (Å²) >= 11 is 1.55. The Hall–Kier alpha value is -3.61. The first kappa shape index (κ1) is 22.2. The zero-order valence-corrected chi connectivity index (χ0v) is 18.8. The van der Waals surface area contributed by atoms with Gasteiger partial charge in [0.25, 0.3) is 0 Å². The van der Waals surface area contributed by atoms with Crippen molar-refractivity contribution in [2.45, 2.75) is 31.9 Å². The van der Waals surface area contributed by atoms with E-state index in [4.69, 9.17) is 0 Å². The van der Waals surface area contributed by atoms with Crippen LogP contribution in [0.25, 0.3) is 11.4 Å². The van der Waals surface area contributed by atoms with Gasteiger partial charge < -0.3 is 14.7 Å². The van der Waals surface area contributed by atoms with Crippen molar-refractivity contribution in [3.63, 3.8) is 0 Å². The highest BCUT2D eigenvalue weighted by Gasteiger charge is 2.38. The number of rotatable bonds is 5. The first-order chi connectivity index (χ1) is 16.3. The van der Waals surface area contributed by atoms with Gasteiger partial charge in [-0.3, -0.25) is 4.98 Å².